The quantitative estimate of drug-likeness (QED) is 0.588. The Bertz CT molecular complexity index is 238. The predicted molar refractivity (Wildman–Crippen MR) is 52.1 cm³/mol. The second kappa shape index (κ2) is 3.72. The molecule has 0 saturated carbocycles. The van der Waals surface area contributed by atoms with Crippen LogP contribution in [0.15, 0.2) is 28.0 Å². The highest BCUT2D eigenvalue weighted by atomic mass is 32.1. The molecule has 60 valence electrons. The van der Waals surface area contributed by atoms with Crippen LogP contribution < -0.4 is 0 Å². The van der Waals surface area contributed by atoms with E-state index >= 15 is 0 Å². The summed E-state index contributed by atoms with van der Waals surface area (Å²) >= 11 is 1.77. The van der Waals surface area contributed by atoms with Gasteiger partial charge in [0.1, 0.15) is 0 Å². The molecule has 0 spiro atoms. The Morgan fingerprint density at radius 3 is 2.55 bits per heavy atom. The van der Waals surface area contributed by atoms with Gasteiger partial charge in [0.25, 0.3) is 0 Å². The van der Waals surface area contributed by atoms with Crippen LogP contribution in [0.2, 0.25) is 0 Å². The Hall–Kier alpha value is -0.560. The van der Waals surface area contributed by atoms with Gasteiger partial charge in [-0.15, -0.1) is 0 Å². The van der Waals surface area contributed by atoms with Gasteiger partial charge in [0.05, 0.1) is 0 Å². The molecule has 0 aliphatic heterocycles. The van der Waals surface area contributed by atoms with Crippen molar-refractivity contribution in [1.29, 1.82) is 0 Å². The highest BCUT2D eigenvalue weighted by Crippen LogP contribution is 2.13. The molecular weight excluding hydrogens is 152 g/mol. The second-order valence-electron chi connectivity index (χ2n) is 3.09. The summed E-state index contributed by atoms with van der Waals surface area (Å²) < 4.78 is 0. The van der Waals surface area contributed by atoms with Crippen LogP contribution in [-0.4, -0.2) is 0 Å². The van der Waals surface area contributed by atoms with Gasteiger partial charge in [-0.2, -0.15) is 11.3 Å². The first-order valence-electron chi connectivity index (χ1n) is 3.84. The van der Waals surface area contributed by atoms with Crippen LogP contribution in [-0.2, 0) is 6.42 Å². The van der Waals surface area contributed by atoms with Crippen molar-refractivity contribution in [1.82, 2.24) is 0 Å². The average Bonchev–Trinajstić information content (AvgIpc) is 2.39. The predicted octanol–water partition coefficient (Wildman–Crippen LogP) is 3.65. The molecule has 0 fully saturated rings. The summed E-state index contributed by atoms with van der Waals surface area (Å²) in [5, 5.41) is 4.35. The van der Waals surface area contributed by atoms with Gasteiger partial charge in [-0.3, -0.25) is 0 Å². The van der Waals surface area contributed by atoms with Gasteiger partial charge < -0.3 is 0 Å². The molecule has 0 amide bonds. The number of hydrogen-bond acceptors (Lipinski definition) is 1. The van der Waals surface area contributed by atoms with Crippen LogP contribution >= 0.6 is 11.3 Å². The van der Waals surface area contributed by atoms with E-state index in [1.54, 1.807) is 11.3 Å². The molecule has 0 N–H and O–H groups in total. The van der Waals surface area contributed by atoms with E-state index in [9.17, 15) is 0 Å². The lowest BCUT2D eigenvalue weighted by Gasteiger charge is -2.00. The van der Waals surface area contributed by atoms with E-state index in [0.717, 1.165) is 6.42 Å². The molecule has 1 aromatic rings. The van der Waals surface area contributed by atoms with Gasteiger partial charge in [0.2, 0.25) is 0 Å². The Morgan fingerprint density at radius 1 is 1.36 bits per heavy atom. The molecule has 0 aliphatic carbocycles. The summed E-state index contributed by atoms with van der Waals surface area (Å²) in [4.78, 5) is 0. The Balaban J connectivity index is 2.65. The minimum absolute atomic E-state index is 1.12. The van der Waals surface area contributed by atoms with Gasteiger partial charge in [-0.05, 0) is 49.6 Å². The summed E-state index contributed by atoms with van der Waals surface area (Å²) in [7, 11) is 0. The minimum Gasteiger partial charge on any atom is -0.152 e. The van der Waals surface area contributed by atoms with E-state index in [-0.39, 0.29) is 0 Å². The third-order valence-corrected chi connectivity index (χ3v) is 2.63. The number of rotatable bonds is 2. The second-order valence-corrected chi connectivity index (χ2v) is 3.87. The molecule has 0 aliphatic rings. The molecular formula is C10H14S. The van der Waals surface area contributed by atoms with Crippen LogP contribution in [0.4, 0.5) is 0 Å². The fraction of sp³-hybridized carbons (Fsp3) is 0.400. The Kier molecular flexibility index (Phi) is 2.89. The fourth-order valence-electron chi connectivity index (χ4n) is 0.876. The fourth-order valence-corrected chi connectivity index (χ4v) is 1.54. The molecule has 1 aromatic heterocycles. The number of allylic oxidation sites excluding steroid dienone is 2. The first kappa shape index (κ1) is 8.54. The van der Waals surface area contributed by atoms with E-state index in [1.165, 1.54) is 16.7 Å². The zero-order valence-electron chi connectivity index (χ0n) is 7.35. The lowest BCUT2D eigenvalue weighted by Crippen LogP contribution is -1.85. The maximum absolute atomic E-state index is 2.21. The van der Waals surface area contributed by atoms with Crippen molar-refractivity contribution in [2.75, 3.05) is 0 Å². The normalized spacial score (nSPS) is 9.73. The summed E-state index contributed by atoms with van der Waals surface area (Å²) in [6.45, 7) is 6.54. The summed E-state index contributed by atoms with van der Waals surface area (Å²) in [5.41, 5.74) is 4.37. The standard InChI is InChI=1S/C10H14S/c1-8(2)9(3)6-10-4-5-11-7-10/h4-5,7H,6H2,1-3H3. The Labute approximate surface area is 72.6 Å². The van der Waals surface area contributed by atoms with Crippen molar-refractivity contribution >= 4 is 11.3 Å². The molecule has 0 bridgehead atoms. The zero-order valence-corrected chi connectivity index (χ0v) is 8.16. The average molecular weight is 166 g/mol. The van der Waals surface area contributed by atoms with E-state index in [0.29, 0.717) is 0 Å². The molecule has 1 rings (SSSR count). The molecule has 0 saturated heterocycles. The first-order chi connectivity index (χ1) is 5.20. The molecule has 0 unspecified atom stereocenters. The third-order valence-electron chi connectivity index (χ3n) is 1.90. The van der Waals surface area contributed by atoms with Crippen molar-refractivity contribution < 1.29 is 0 Å². The van der Waals surface area contributed by atoms with Crippen molar-refractivity contribution in [2.45, 2.75) is 27.2 Å². The highest BCUT2D eigenvalue weighted by Gasteiger charge is 1.95. The first-order valence-corrected chi connectivity index (χ1v) is 4.78. The summed E-state index contributed by atoms with van der Waals surface area (Å²) in [6, 6.07) is 2.19. The van der Waals surface area contributed by atoms with Crippen LogP contribution in [0.25, 0.3) is 0 Å². The van der Waals surface area contributed by atoms with Crippen LogP contribution in [0, 0.1) is 0 Å². The van der Waals surface area contributed by atoms with Gasteiger partial charge in [-0.1, -0.05) is 11.1 Å². The largest absolute Gasteiger partial charge is 0.152 e. The van der Waals surface area contributed by atoms with E-state index in [1.807, 2.05) is 0 Å². The van der Waals surface area contributed by atoms with E-state index in [4.69, 9.17) is 0 Å². The Morgan fingerprint density at radius 2 is 2.09 bits per heavy atom. The zero-order chi connectivity index (χ0) is 8.27. The number of hydrogen-bond donors (Lipinski definition) is 0. The van der Waals surface area contributed by atoms with E-state index in [2.05, 4.69) is 37.6 Å². The monoisotopic (exact) mass is 166 g/mol. The highest BCUT2D eigenvalue weighted by molar-refractivity contribution is 7.07. The SMILES string of the molecule is CC(C)=C(C)Cc1ccsc1. The number of thiophene rings is 1. The van der Waals surface area contributed by atoms with Crippen LogP contribution in [0.5, 0.6) is 0 Å². The van der Waals surface area contributed by atoms with Gasteiger partial charge in [0.15, 0.2) is 0 Å². The van der Waals surface area contributed by atoms with E-state index < -0.39 is 0 Å². The summed E-state index contributed by atoms with van der Waals surface area (Å²) in [6.07, 6.45) is 1.12. The third kappa shape index (κ3) is 2.51. The molecule has 11 heavy (non-hydrogen) atoms. The van der Waals surface area contributed by atoms with Crippen molar-refractivity contribution in [2.24, 2.45) is 0 Å². The van der Waals surface area contributed by atoms with Crippen molar-refractivity contribution in [3.63, 3.8) is 0 Å². The van der Waals surface area contributed by atoms with Crippen LogP contribution in [0.3, 0.4) is 0 Å². The molecule has 0 aromatic carbocycles. The molecule has 0 atom stereocenters. The van der Waals surface area contributed by atoms with Crippen LogP contribution in [0.1, 0.15) is 26.3 Å². The van der Waals surface area contributed by atoms with Crippen molar-refractivity contribution in [3.8, 4) is 0 Å². The van der Waals surface area contributed by atoms with Gasteiger partial charge >= 0.3 is 0 Å². The molecule has 1 heteroatoms. The lowest BCUT2D eigenvalue weighted by atomic mass is 10.1. The topological polar surface area (TPSA) is 0 Å². The van der Waals surface area contributed by atoms with Gasteiger partial charge in [0, 0.05) is 0 Å². The smallest absolute Gasteiger partial charge is 0.00580 e. The lowest BCUT2D eigenvalue weighted by molar-refractivity contribution is 1.10. The molecule has 0 radical (unpaired) electrons. The minimum atomic E-state index is 1.12. The molecule has 0 nitrogen and oxygen atoms in total. The van der Waals surface area contributed by atoms with Crippen molar-refractivity contribution in [3.05, 3.63) is 33.5 Å². The summed E-state index contributed by atoms with van der Waals surface area (Å²) in [5.74, 6) is 0. The maximum Gasteiger partial charge on any atom is -0.00580 e. The maximum atomic E-state index is 2.21. The molecule has 1 heterocycles. The van der Waals surface area contributed by atoms with Gasteiger partial charge in [-0.25, -0.2) is 0 Å².